The van der Waals surface area contributed by atoms with E-state index in [0.717, 1.165) is 71.5 Å². The van der Waals surface area contributed by atoms with Crippen LogP contribution >= 0.6 is 0 Å². The topological polar surface area (TPSA) is 114 Å². The molecule has 0 aliphatic heterocycles. The van der Waals surface area contributed by atoms with Crippen molar-refractivity contribution in [3.05, 3.63) is 119 Å². The molecule has 0 aliphatic rings. The molecule has 6 aromatic rings. The van der Waals surface area contributed by atoms with Crippen LogP contribution in [0.1, 0.15) is 47.8 Å². The Morgan fingerprint density at radius 2 is 1.00 bits per heavy atom. The normalized spacial score (nSPS) is 11.2. The lowest BCUT2D eigenvalue weighted by Crippen LogP contribution is -2.22. The van der Waals surface area contributed by atoms with Crippen LogP contribution in [0.4, 0.5) is 32.1 Å². The minimum atomic E-state index is -0.271. The van der Waals surface area contributed by atoms with Crippen molar-refractivity contribution in [1.82, 2.24) is 39.7 Å². The van der Waals surface area contributed by atoms with E-state index in [4.69, 9.17) is 0 Å². The van der Waals surface area contributed by atoms with Crippen molar-refractivity contribution in [2.45, 2.75) is 54.6 Å². The van der Waals surface area contributed by atoms with Crippen LogP contribution < -0.4 is 10.6 Å². The number of hydrogen-bond donors (Lipinski definition) is 4. The summed E-state index contributed by atoms with van der Waals surface area (Å²) in [5.74, 6) is 0.435. The molecular weight excluding hydrogens is 659 g/mol. The molecule has 4 N–H and O–H groups in total. The fourth-order valence-corrected chi connectivity index (χ4v) is 6.14. The minimum Gasteiger partial charge on any atom is -0.361 e. The van der Waals surface area contributed by atoms with Crippen LogP contribution in [0.25, 0.3) is 22.5 Å². The van der Waals surface area contributed by atoms with E-state index in [1.54, 1.807) is 36.7 Å². The van der Waals surface area contributed by atoms with Gasteiger partial charge in [-0.05, 0) is 127 Å². The summed E-state index contributed by atoms with van der Waals surface area (Å²) < 4.78 is 26.1. The van der Waals surface area contributed by atoms with Gasteiger partial charge in [-0.2, -0.15) is 0 Å². The van der Waals surface area contributed by atoms with Crippen molar-refractivity contribution in [3.8, 4) is 22.5 Å². The van der Waals surface area contributed by atoms with Crippen LogP contribution in [-0.2, 0) is 13.1 Å². The number of aryl methyl sites for hydroxylation is 2. The van der Waals surface area contributed by atoms with Crippen molar-refractivity contribution in [2.75, 3.05) is 37.8 Å². The first-order chi connectivity index (χ1) is 24.9. The highest BCUT2D eigenvalue weighted by atomic mass is 19.1. The molecule has 4 aromatic heterocycles. The molecule has 0 aliphatic carbocycles. The monoisotopic (exact) mass is 706 g/mol. The molecule has 10 nitrogen and oxygen atoms in total. The molecule has 2 aromatic carbocycles. The van der Waals surface area contributed by atoms with Gasteiger partial charge in [0.05, 0.1) is 11.4 Å². The summed E-state index contributed by atoms with van der Waals surface area (Å²) in [6.45, 7) is 16.5. The zero-order valence-electron chi connectivity index (χ0n) is 31.2. The van der Waals surface area contributed by atoms with Gasteiger partial charge in [-0.1, -0.05) is 13.8 Å². The molecule has 4 heterocycles. The van der Waals surface area contributed by atoms with Crippen molar-refractivity contribution in [1.29, 1.82) is 0 Å². The van der Waals surface area contributed by atoms with E-state index >= 15 is 0 Å². The van der Waals surface area contributed by atoms with E-state index in [0.29, 0.717) is 11.9 Å². The van der Waals surface area contributed by atoms with E-state index in [1.807, 2.05) is 26.2 Å². The predicted molar refractivity (Wildman–Crippen MR) is 206 cm³/mol. The number of aromatic amines is 2. The molecule has 12 heteroatoms. The van der Waals surface area contributed by atoms with Crippen LogP contribution in [0.2, 0.25) is 0 Å². The van der Waals surface area contributed by atoms with E-state index in [1.165, 1.54) is 46.8 Å². The largest absolute Gasteiger partial charge is 0.361 e. The summed E-state index contributed by atoms with van der Waals surface area (Å²) in [5, 5.41) is 6.24. The molecule has 0 fully saturated rings. The number of benzene rings is 2. The minimum absolute atomic E-state index is 0.269. The number of rotatable bonds is 12. The van der Waals surface area contributed by atoms with Gasteiger partial charge in [0.25, 0.3) is 0 Å². The lowest BCUT2D eigenvalue weighted by Gasteiger charge is -2.17. The standard InChI is InChI=1S/C21H26FN5.C19H22FN5/c1-5-27(6-2)13-19-14(3)20(15(4)24-19)18-11-12-23-21(26-18)25-17-9-7-16(22)8-10-17;1-12-17(11-25(3)4)22-13(2)18(12)16-9-10-21-19(24-16)23-15-7-5-14(20)6-8-15/h7-12,24H,5-6,13H2,1-4H3,(H,23,25,26);5-10,22H,11H2,1-4H3,(H,21,23,24). The molecule has 0 bridgehead atoms. The van der Waals surface area contributed by atoms with Crippen LogP contribution in [-0.4, -0.2) is 66.9 Å². The third kappa shape index (κ3) is 9.45. The number of nitrogens with one attached hydrogen (secondary N) is 4. The second-order valence-electron chi connectivity index (χ2n) is 13.0. The highest BCUT2D eigenvalue weighted by Gasteiger charge is 2.17. The first kappa shape index (κ1) is 37.8. The van der Waals surface area contributed by atoms with Gasteiger partial charge in [-0.25, -0.2) is 28.7 Å². The fraction of sp³-hybridized carbons (Fsp3) is 0.300. The summed E-state index contributed by atoms with van der Waals surface area (Å²) in [7, 11) is 4.09. The molecule has 0 saturated carbocycles. The second kappa shape index (κ2) is 17.2. The molecule has 6 rings (SSSR count). The Bertz CT molecular complexity index is 2060. The number of H-pyrrole nitrogens is 2. The maximum atomic E-state index is 13.1. The van der Waals surface area contributed by atoms with Crippen molar-refractivity contribution in [2.24, 2.45) is 0 Å². The Labute approximate surface area is 304 Å². The smallest absolute Gasteiger partial charge is 0.227 e. The second-order valence-corrected chi connectivity index (χ2v) is 13.0. The Morgan fingerprint density at radius 1 is 0.596 bits per heavy atom. The number of anilines is 4. The average molecular weight is 707 g/mol. The quantitative estimate of drug-likeness (QED) is 0.0999. The van der Waals surface area contributed by atoms with Gasteiger partial charge in [-0.15, -0.1) is 0 Å². The van der Waals surface area contributed by atoms with E-state index in [9.17, 15) is 8.78 Å². The van der Waals surface area contributed by atoms with Crippen molar-refractivity contribution >= 4 is 23.3 Å². The van der Waals surface area contributed by atoms with E-state index in [-0.39, 0.29) is 11.6 Å². The highest BCUT2D eigenvalue weighted by Crippen LogP contribution is 2.31. The lowest BCUT2D eigenvalue weighted by molar-refractivity contribution is 0.292. The molecule has 0 amide bonds. The highest BCUT2D eigenvalue weighted by molar-refractivity contribution is 5.70. The van der Waals surface area contributed by atoms with Crippen LogP contribution in [0.5, 0.6) is 0 Å². The van der Waals surface area contributed by atoms with Gasteiger partial charge >= 0.3 is 0 Å². The Balaban J connectivity index is 0.000000202. The zero-order valence-corrected chi connectivity index (χ0v) is 31.2. The van der Waals surface area contributed by atoms with Gasteiger partial charge in [0, 0.05) is 70.8 Å². The number of halogens is 2. The molecule has 52 heavy (non-hydrogen) atoms. The Kier molecular flexibility index (Phi) is 12.5. The third-order valence-corrected chi connectivity index (χ3v) is 8.86. The molecule has 0 spiro atoms. The summed E-state index contributed by atoms with van der Waals surface area (Å²) in [6, 6.07) is 16.1. The molecule has 0 saturated heterocycles. The van der Waals surface area contributed by atoms with Crippen LogP contribution in [0.3, 0.4) is 0 Å². The Morgan fingerprint density at radius 3 is 1.38 bits per heavy atom. The fourth-order valence-electron chi connectivity index (χ4n) is 6.14. The number of nitrogens with zero attached hydrogens (tertiary/aromatic N) is 6. The van der Waals surface area contributed by atoms with Crippen LogP contribution in [0, 0.1) is 39.3 Å². The van der Waals surface area contributed by atoms with E-state index < -0.39 is 0 Å². The SMILES string of the molecule is CCN(CC)Cc1[nH]c(C)c(-c2ccnc(Nc3ccc(F)cc3)n2)c1C.Cc1[nH]c(CN(C)C)c(C)c1-c1ccnc(Nc2ccc(F)cc2)n1. The molecule has 0 atom stereocenters. The van der Waals surface area contributed by atoms with Gasteiger partial charge in [-0.3, -0.25) is 4.90 Å². The molecule has 0 radical (unpaired) electrons. The average Bonchev–Trinajstić information content (AvgIpc) is 3.56. The van der Waals surface area contributed by atoms with Crippen LogP contribution in [0.15, 0.2) is 73.1 Å². The van der Waals surface area contributed by atoms with E-state index in [2.05, 4.69) is 91.9 Å². The van der Waals surface area contributed by atoms with Gasteiger partial charge in [0.15, 0.2) is 0 Å². The van der Waals surface area contributed by atoms with Gasteiger partial charge < -0.3 is 25.5 Å². The van der Waals surface area contributed by atoms with Crippen molar-refractivity contribution in [3.63, 3.8) is 0 Å². The lowest BCUT2D eigenvalue weighted by atomic mass is 10.1. The summed E-state index contributed by atoms with van der Waals surface area (Å²) >= 11 is 0. The summed E-state index contributed by atoms with van der Waals surface area (Å²) in [6.07, 6.45) is 3.47. The molecule has 272 valence electrons. The summed E-state index contributed by atoms with van der Waals surface area (Å²) in [4.78, 5) is 29.3. The summed E-state index contributed by atoms with van der Waals surface area (Å²) in [5.41, 5.74) is 12.4. The third-order valence-electron chi connectivity index (χ3n) is 8.86. The zero-order chi connectivity index (χ0) is 37.4. The molecular formula is C40H48F2N10. The number of hydrogen-bond acceptors (Lipinski definition) is 8. The number of aromatic nitrogens is 6. The van der Waals surface area contributed by atoms with Gasteiger partial charge in [0.2, 0.25) is 11.9 Å². The Hall–Kier alpha value is -5.46. The maximum absolute atomic E-state index is 13.1. The molecule has 0 unspecified atom stereocenters. The first-order valence-corrected chi connectivity index (χ1v) is 17.4. The maximum Gasteiger partial charge on any atom is 0.227 e. The first-order valence-electron chi connectivity index (χ1n) is 17.4. The van der Waals surface area contributed by atoms with Crippen molar-refractivity contribution < 1.29 is 8.78 Å². The van der Waals surface area contributed by atoms with Gasteiger partial charge in [0.1, 0.15) is 11.6 Å². The predicted octanol–water partition coefficient (Wildman–Crippen LogP) is 8.85.